The molecule has 1 aliphatic rings. The lowest BCUT2D eigenvalue weighted by Gasteiger charge is -2.21. The molecule has 2 N–H and O–H groups in total. The summed E-state index contributed by atoms with van der Waals surface area (Å²) in [6.07, 6.45) is 8.92. The number of benzene rings is 1. The second-order valence-corrected chi connectivity index (χ2v) is 6.29. The van der Waals surface area contributed by atoms with Gasteiger partial charge in [-0.05, 0) is 37.5 Å². The molecule has 0 aromatic heterocycles. The summed E-state index contributed by atoms with van der Waals surface area (Å²) in [5, 5.41) is 7.01. The van der Waals surface area contributed by atoms with Gasteiger partial charge in [-0.3, -0.25) is 4.79 Å². The predicted octanol–water partition coefficient (Wildman–Crippen LogP) is 4.29. The Hall–Kier alpha value is -1.06. The number of amides is 1. The standard InChI is InChI=1S/C17H25ClN2O/c1-13-15(18)10-7-11-16(13)20-17(21)12-19-14-8-5-3-2-4-6-9-14/h7,10-11,14,19H,2-6,8-9,12H2,1H3,(H,20,21). The fourth-order valence-electron chi connectivity index (χ4n) is 2.83. The van der Waals surface area contributed by atoms with Gasteiger partial charge in [0.2, 0.25) is 5.91 Å². The van der Waals surface area contributed by atoms with E-state index in [0.29, 0.717) is 17.6 Å². The number of hydrogen-bond acceptors (Lipinski definition) is 2. The van der Waals surface area contributed by atoms with Gasteiger partial charge in [0.25, 0.3) is 0 Å². The maximum atomic E-state index is 12.1. The van der Waals surface area contributed by atoms with Crippen molar-refractivity contribution in [1.29, 1.82) is 0 Å². The number of carbonyl (C=O) groups is 1. The zero-order valence-electron chi connectivity index (χ0n) is 12.8. The summed E-state index contributed by atoms with van der Waals surface area (Å²) in [5.41, 5.74) is 1.71. The van der Waals surface area contributed by atoms with Gasteiger partial charge in [-0.1, -0.05) is 49.8 Å². The fraction of sp³-hybridized carbons (Fsp3) is 0.588. The van der Waals surface area contributed by atoms with Gasteiger partial charge < -0.3 is 10.6 Å². The SMILES string of the molecule is Cc1c(Cl)cccc1NC(=O)CNC1CCCCCCC1. The third kappa shape index (κ3) is 5.33. The molecule has 1 amide bonds. The van der Waals surface area contributed by atoms with E-state index in [4.69, 9.17) is 11.6 Å². The van der Waals surface area contributed by atoms with Gasteiger partial charge in [-0.15, -0.1) is 0 Å². The summed E-state index contributed by atoms with van der Waals surface area (Å²) in [7, 11) is 0. The highest BCUT2D eigenvalue weighted by Gasteiger charge is 2.13. The fourth-order valence-corrected chi connectivity index (χ4v) is 3.01. The third-order valence-electron chi connectivity index (χ3n) is 4.20. The molecule has 0 saturated heterocycles. The van der Waals surface area contributed by atoms with E-state index in [2.05, 4.69) is 10.6 Å². The smallest absolute Gasteiger partial charge is 0.238 e. The van der Waals surface area contributed by atoms with Crippen LogP contribution in [-0.4, -0.2) is 18.5 Å². The molecule has 0 heterocycles. The number of anilines is 1. The quantitative estimate of drug-likeness (QED) is 0.871. The Morgan fingerprint density at radius 1 is 1.19 bits per heavy atom. The molecule has 0 bridgehead atoms. The molecule has 4 heteroatoms. The first-order valence-electron chi connectivity index (χ1n) is 7.95. The molecule has 1 aromatic carbocycles. The van der Waals surface area contributed by atoms with E-state index in [-0.39, 0.29) is 5.91 Å². The average molecular weight is 309 g/mol. The van der Waals surface area contributed by atoms with Gasteiger partial charge in [-0.2, -0.15) is 0 Å². The van der Waals surface area contributed by atoms with Crippen LogP contribution < -0.4 is 10.6 Å². The molecule has 0 atom stereocenters. The molecular weight excluding hydrogens is 284 g/mol. The number of hydrogen-bond donors (Lipinski definition) is 2. The zero-order valence-corrected chi connectivity index (χ0v) is 13.5. The van der Waals surface area contributed by atoms with Crippen molar-refractivity contribution >= 4 is 23.2 Å². The number of nitrogens with one attached hydrogen (secondary N) is 2. The highest BCUT2D eigenvalue weighted by atomic mass is 35.5. The van der Waals surface area contributed by atoms with Crippen LogP contribution in [0.5, 0.6) is 0 Å². The second kappa shape index (κ2) is 8.40. The van der Waals surface area contributed by atoms with Crippen LogP contribution in [-0.2, 0) is 4.79 Å². The second-order valence-electron chi connectivity index (χ2n) is 5.88. The molecule has 1 aromatic rings. The molecule has 0 unspecified atom stereocenters. The first-order chi connectivity index (χ1) is 10.2. The van der Waals surface area contributed by atoms with Crippen LogP contribution in [0.4, 0.5) is 5.69 Å². The largest absolute Gasteiger partial charge is 0.325 e. The van der Waals surface area contributed by atoms with Crippen molar-refractivity contribution in [2.45, 2.75) is 57.9 Å². The summed E-state index contributed by atoms with van der Waals surface area (Å²) in [4.78, 5) is 12.1. The van der Waals surface area contributed by atoms with E-state index in [9.17, 15) is 4.79 Å². The molecule has 21 heavy (non-hydrogen) atoms. The van der Waals surface area contributed by atoms with Gasteiger partial charge >= 0.3 is 0 Å². The van der Waals surface area contributed by atoms with Crippen LogP contribution in [0, 0.1) is 6.92 Å². The highest BCUT2D eigenvalue weighted by molar-refractivity contribution is 6.31. The Labute approximate surface area is 132 Å². The lowest BCUT2D eigenvalue weighted by atomic mass is 9.97. The molecule has 1 fully saturated rings. The van der Waals surface area contributed by atoms with Crippen LogP contribution in [0.15, 0.2) is 18.2 Å². The van der Waals surface area contributed by atoms with E-state index in [1.54, 1.807) is 0 Å². The summed E-state index contributed by atoms with van der Waals surface area (Å²) in [6.45, 7) is 2.29. The van der Waals surface area contributed by atoms with Gasteiger partial charge in [-0.25, -0.2) is 0 Å². The Balaban J connectivity index is 1.80. The van der Waals surface area contributed by atoms with E-state index in [0.717, 1.165) is 11.3 Å². The van der Waals surface area contributed by atoms with E-state index in [1.807, 2.05) is 25.1 Å². The average Bonchev–Trinajstić information content (AvgIpc) is 2.43. The van der Waals surface area contributed by atoms with Crippen molar-refractivity contribution in [3.8, 4) is 0 Å². The van der Waals surface area contributed by atoms with Crippen molar-refractivity contribution in [2.24, 2.45) is 0 Å². The van der Waals surface area contributed by atoms with E-state index < -0.39 is 0 Å². The molecule has 2 rings (SSSR count). The molecule has 0 spiro atoms. The molecule has 3 nitrogen and oxygen atoms in total. The Morgan fingerprint density at radius 2 is 1.86 bits per heavy atom. The number of halogens is 1. The lowest BCUT2D eigenvalue weighted by molar-refractivity contribution is -0.115. The van der Waals surface area contributed by atoms with Gasteiger partial charge in [0.15, 0.2) is 0 Å². The zero-order chi connectivity index (χ0) is 15.1. The van der Waals surface area contributed by atoms with Crippen LogP contribution in [0.1, 0.15) is 50.5 Å². The topological polar surface area (TPSA) is 41.1 Å². The molecule has 0 aliphatic heterocycles. The van der Waals surface area contributed by atoms with Crippen molar-refractivity contribution in [3.05, 3.63) is 28.8 Å². The third-order valence-corrected chi connectivity index (χ3v) is 4.61. The summed E-state index contributed by atoms with van der Waals surface area (Å²) in [6, 6.07) is 6.05. The Morgan fingerprint density at radius 3 is 2.57 bits per heavy atom. The summed E-state index contributed by atoms with van der Waals surface area (Å²) >= 11 is 6.06. The van der Waals surface area contributed by atoms with Crippen molar-refractivity contribution in [1.82, 2.24) is 5.32 Å². The molecule has 116 valence electrons. The molecule has 0 radical (unpaired) electrons. The predicted molar refractivity (Wildman–Crippen MR) is 88.9 cm³/mol. The molecule has 1 aliphatic carbocycles. The van der Waals surface area contributed by atoms with Crippen LogP contribution in [0.3, 0.4) is 0 Å². The number of rotatable bonds is 4. The van der Waals surface area contributed by atoms with E-state index >= 15 is 0 Å². The maximum absolute atomic E-state index is 12.1. The summed E-state index contributed by atoms with van der Waals surface area (Å²) < 4.78 is 0. The summed E-state index contributed by atoms with van der Waals surface area (Å²) in [5.74, 6) is 0.00225. The minimum Gasteiger partial charge on any atom is -0.325 e. The Kier molecular flexibility index (Phi) is 6.52. The molecule has 1 saturated carbocycles. The van der Waals surface area contributed by atoms with Crippen LogP contribution in [0.25, 0.3) is 0 Å². The van der Waals surface area contributed by atoms with Crippen molar-refractivity contribution in [3.63, 3.8) is 0 Å². The van der Waals surface area contributed by atoms with Gasteiger partial charge in [0.05, 0.1) is 6.54 Å². The van der Waals surface area contributed by atoms with Crippen LogP contribution >= 0.6 is 11.6 Å². The minimum atomic E-state index is 0.00225. The van der Waals surface area contributed by atoms with Crippen molar-refractivity contribution in [2.75, 3.05) is 11.9 Å². The minimum absolute atomic E-state index is 0.00225. The van der Waals surface area contributed by atoms with E-state index in [1.165, 1.54) is 44.9 Å². The lowest BCUT2D eigenvalue weighted by Crippen LogP contribution is -2.36. The normalized spacial score (nSPS) is 17.0. The van der Waals surface area contributed by atoms with Crippen LogP contribution in [0.2, 0.25) is 5.02 Å². The molecular formula is C17H25ClN2O. The van der Waals surface area contributed by atoms with Gasteiger partial charge in [0, 0.05) is 16.8 Å². The highest BCUT2D eigenvalue weighted by Crippen LogP contribution is 2.22. The first-order valence-corrected chi connectivity index (χ1v) is 8.33. The van der Waals surface area contributed by atoms with Gasteiger partial charge in [0.1, 0.15) is 0 Å². The number of carbonyl (C=O) groups excluding carboxylic acids is 1. The first kappa shape index (κ1) is 16.3. The maximum Gasteiger partial charge on any atom is 0.238 e. The van der Waals surface area contributed by atoms with Crippen molar-refractivity contribution < 1.29 is 4.79 Å². The Bertz CT molecular complexity index is 468. The monoisotopic (exact) mass is 308 g/mol.